The molecule has 0 aliphatic carbocycles. The van der Waals surface area contributed by atoms with Gasteiger partial charge in [0.1, 0.15) is 11.8 Å². The van der Waals surface area contributed by atoms with E-state index in [-0.39, 0.29) is 18.6 Å². The van der Waals surface area contributed by atoms with Crippen LogP contribution in [0.4, 0.5) is 5.82 Å². The topological polar surface area (TPSA) is 105 Å². The summed E-state index contributed by atoms with van der Waals surface area (Å²) in [7, 11) is 0. The molecular formula is C19H20N6O3. The molecule has 0 unspecified atom stereocenters. The Balaban J connectivity index is 1.25. The zero-order valence-corrected chi connectivity index (χ0v) is 15.2. The third-order valence-corrected chi connectivity index (χ3v) is 5.20. The van der Waals surface area contributed by atoms with Crippen molar-refractivity contribution in [3.8, 4) is 11.5 Å². The number of anilines is 1. The molecule has 0 bridgehead atoms. The van der Waals surface area contributed by atoms with Gasteiger partial charge in [-0.15, -0.1) is 0 Å². The van der Waals surface area contributed by atoms with Crippen LogP contribution in [0.1, 0.15) is 18.4 Å². The predicted molar refractivity (Wildman–Crippen MR) is 101 cm³/mol. The molecule has 1 aromatic carbocycles. The van der Waals surface area contributed by atoms with E-state index >= 15 is 0 Å². The van der Waals surface area contributed by atoms with Crippen LogP contribution in [0.15, 0.2) is 30.9 Å². The summed E-state index contributed by atoms with van der Waals surface area (Å²) in [6, 6.07) is 5.72. The molecule has 144 valence electrons. The van der Waals surface area contributed by atoms with Crippen molar-refractivity contribution >= 4 is 22.9 Å². The highest BCUT2D eigenvalue weighted by Gasteiger charge is 2.28. The Morgan fingerprint density at radius 3 is 3.14 bits per heavy atom. The Kier molecular flexibility index (Phi) is 4.19. The van der Waals surface area contributed by atoms with Crippen LogP contribution in [0.25, 0.3) is 11.2 Å². The molecule has 2 aromatic heterocycles. The normalized spacial score (nSPS) is 18.4. The van der Waals surface area contributed by atoms with Gasteiger partial charge in [-0.2, -0.15) is 0 Å². The lowest BCUT2D eigenvalue weighted by Gasteiger charge is -2.32. The number of H-pyrrole nitrogens is 1. The Hall–Kier alpha value is -3.36. The molecule has 4 heterocycles. The van der Waals surface area contributed by atoms with Gasteiger partial charge in [0.15, 0.2) is 23.0 Å². The Morgan fingerprint density at radius 1 is 1.25 bits per heavy atom. The summed E-state index contributed by atoms with van der Waals surface area (Å²) in [5.41, 5.74) is 2.43. The van der Waals surface area contributed by atoms with Crippen molar-refractivity contribution in [3.05, 3.63) is 36.4 Å². The van der Waals surface area contributed by atoms with Crippen LogP contribution in [0.5, 0.6) is 11.5 Å². The van der Waals surface area contributed by atoms with E-state index in [9.17, 15) is 4.79 Å². The lowest BCUT2D eigenvalue weighted by molar-refractivity contribution is -0.125. The average Bonchev–Trinajstić information content (AvgIpc) is 3.40. The molecule has 9 nitrogen and oxygen atoms in total. The second-order valence-electron chi connectivity index (χ2n) is 6.99. The van der Waals surface area contributed by atoms with Crippen LogP contribution >= 0.6 is 0 Å². The van der Waals surface area contributed by atoms with E-state index in [1.165, 1.54) is 6.33 Å². The lowest BCUT2D eigenvalue weighted by atomic mass is 9.97. The van der Waals surface area contributed by atoms with Crippen LogP contribution in [0.2, 0.25) is 0 Å². The average molecular weight is 380 g/mol. The molecule has 1 atom stereocenters. The van der Waals surface area contributed by atoms with E-state index in [0.717, 1.165) is 47.8 Å². The van der Waals surface area contributed by atoms with Gasteiger partial charge in [-0.3, -0.25) is 4.79 Å². The molecule has 3 aromatic rings. The molecule has 0 radical (unpaired) electrons. The van der Waals surface area contributed by atoms with Gasteiger partial charge in [0.2, 0.25) is 12.7 Å². The van der Waals surface area contributed by atoms with E-state index in [2.05, 4.69) is 30.2 Å². The monoisotopic (exact) mass is 380 g/mol. The lowest BCUT2D eigenvalue weighted by Crippen LogP contribution is -2.43. The number of aromatic amines is 1. The highest BCUT2D eigenvalue weighted by atomic mass is 16.7. The third kappa shape index (κ3) is 3.08. The number of aromatic nitrogens is 4. The van der Waals surface area contributed by atoms with Crippen molar-refractivity contribution in [1.82, 2.24) is 25.3 Å². The standard InChI is InChI=1S/C19H20N6O3/c26-19(20-7-12-3-4-14-15(6-12)28-11-27-14)13-2-1-5-25(8-13)18-16-17(22-9-21-16)23-10-24-18/h3-4,6,9-10,13H,1-2,5,7-8,11H2,(H,20,26)(H,21,22,23,24)/t13-/m0/s1. The highest BCUT2D eigenvalue weighted by Crippen LogP contribution is 2.32. The number of benzene rings is 1. The first-order valence-corrected chi connectivity index (χ1v) is 9.33. The van der Waals surface area contributed by atoms with Gasteiger partial charge in [-0.1, -0.05) is 6.07 Å². The maximum absolute atomic E-state index is 12.7. The molecule has 1 fully saturated rings. The van der Waals surface area contributed by atoms with Crippen LogP contribution in [0.3, 0.4) is 0 Å². The number of nitrogens with zero attached hydrogens (tertiary/aromatic N) is 4. The molecule has 9 heteroatoms. The summed E-state index contributed by atoms with van der Waals surface area (Å²) in [6.07, 6.45) is 4.92. The molecule has 1 amide bonds. The van der Waals surface area contributed by atoms with Crippen molar-refractivity contribution in [2.75, 3.05) is 24.8 Å². The largest absolute Gasteiger partial charge is 0.454 e. The molecule has 28 heavy (non-hydrogen) atoms. The zero-order valence-electron chi connectivity index (χ0n) is 15.2. The minimum absolute atomic E-state index is 0.0530. The smallest absolute Gasteiger partial charge is 0.231 e. The second-order valence-corrected chi connectivity index (χ2v) is 6.99. The summed E-state index contributed by atoms with van der Waals surface area (Å²) >= 11 is 0. The number of hydrogen-bond donors (Lipinski definition) is 2. The number of carbonyl (C=O) groups is 1. The summed E-state index contributed by atoms with van der Waals surface area (Å²) in [5.74, 6) is 2.24. The molecule has 2 aliphatic heterocycles. The fourth-order valence-electron chi connectivity index (χ4n) is 3.76. The summed E-state index contributed by atoms with van der Waals surface area (Å²) in [4.78, 5) is 30.7. The number of rotatable bonds is 4. The van der Waals surface area contributed by atoms with Crippen molar-refractivity contribution < 1.29 is 14.3 Å². The van der Waals surface area contributed by atoms with Crippen LogP contribution in [-0.2, 0) is 11.3 Å². The quantitative estimate of drug-likeness (QED) is 0.708. The van der Waals surface area contributed by atoms with E-state index < -0.39 is 0 Å². The molecule has 2 aliphatic rings. The number of piperidine rings is 1. The number of imidazole rings is 1. The minimum Gasteiger partial charge on any atom is -0.454 e. The fourth-order valence-corrected chi connectivity index (χ4v) is 3.76. The predicted octanol–water partition coefficient (Wildman–Crippen LogP) is 1.61. The Labute approximate surface area is 161 Å². The van der Waals surface area contributed by atoms with Gasteiger partial charge < -0.3 is 24.7 Å². The van der Waals surface area contributed by atoms with Gasteiger partial charge >= 0.3 is 0 Å². The van der Waals surface area contributed by atoms with Gasteiger partial charge in [0.25, 0.3) is 0 Å². The fraction of sp³-hybridized carbons (Fsp3) is 0.368. The van der Waals surface area contributed by atoms with Crippen molar-refractivity contribution in [2.45, 2.75) is 19.4 Å². The third-order valence-electron chi connectivity index (χ3n) is 5.20. The maximum Gasteiger partial charge on any atom is 0.231 e. The highest BCUT2D eigenvalue weighted by molar-refractivity contribution is 5.84. The number of hydrogen-bond acceptors (Lipinski definition) is 7. The first-order valence-electron chi connectivity index (χ1n) is 9.33. The van der Waals surface area contributed by atoms with Crippen LogP contribution in [-0.4, -0.2) is 45.7 Å². The Bertz CT molecular complexity index is 1020. The van der Waals surface area contributed by atoms with E-state index in [1.54, 1.807) is 6.33 Å². The first kappa shape index (κ1) is 16.8. The van der Waals surface area contributed by atoms with E-state index in [0.29, 0.717) is 18.7 Å². The Morgan fingerprint density at radius 2 is 2.18 bits per heavy atom. The molecule has 2 N–H and O–H groups in total. The van der Waals surface area contributed by atoms with Gasteiger partial charge in [0, 0.05) is 19.6 Å². The van der Waals surface area contributed by atoms with Crippen LogP contribution in [0, 0.1) is 5.92 Å². The van der Waals surface area contributed by atoms with E-state index in [1.807, 2.05) is 18.2 Å². The van der Waals surface area contributed by atoms with Crippen LogP contribution < -0.4 is 19.7 Å². The molecule has 0 spiro atoms. The maximum atomic E-state index is 12.7. The van der Waals surface area contributed by atoms with E-state index in [4.69, 9.17) is 9.47 Å². The summed E-state index contributed by atoms with van der Waals surface area (Å²) < 4.78 is 10.7. The number of carbonyl (C=O) groups excluding carboxylic acids is 1. The zero-order chi connectivity index (χ0) is 18.9. The van der Waals surface area contributed by atoms with Crippen molar-refractivity contribution in [1.29, 1.82) is 0 Å². The number of nitrogens with one attached hydrogen (secondary N) is 2. The SMILES string of the molecule is O=C(NCc1ccc2c(c1)OCO2)[C@H]1CCCN(c2ncnc3nc[nH]c23)C1. The number of fused-ring (bicyclic) bond motifs is 2. The van der Waals surface area contributed by atoms with Crippen molar-refractivity contribution in [3.63, 3.8) is 0 Å². The summed E-state index contributed by atoms with van der Waals surface area (Å²) in [5, 5.41) is 3.05. The van der Waals surface area contributed by atoms with Gasteiger partial charge in [0.05, 0.1) is 12.2 Å². The molecular weight excluding hydrogens is 360 g/mol. The molecule has 5 rings (SSSR count). The number of amides is 1. The molecule has 0 saturated carbocycles. The van der Waals surface area contributed by atoms with Gasteiger partial charge in [-0.25, -0.2) is 15.0 Å². The van der Waals surface area contributed by atoms with Gasteiger partial charge in [-0.05, 0) is 30.5 Å². The van der Waals surface area contributed by atoms with Crippen molar-refractivity contribution in [2.24, 2.45) is 5.92 Å². The minimum atomic E-state index is -0.0873. The summed E-state index contributed by atoms with van der Waals surface area (Å²) in [6.45, 7) is 2.19. The first-order chi connectivity index (χ1) is 13.8. The second kappa shape index (κ2) is 6.99. The molecule has 1 saturated heterocycles. The number of ether oxygens (including phenoxy) is 2.